The summed E-state index contributed by atoms with van der Waals surface area (Å²) in [5.41, 5.74) is 2.75. The van der Waals surface area contributed by atoms with Crippen molar-refractivity contribution >= 4 is 11.4 Å². The van der Waals surface area contributed by atoms with Gasteiger partial charge in [0.1, 0.15) is 0 Å². The molecule has 2 saturated carbocycles. The smallest absolute Gasteiger partial charge is 0.0803 e. The van der Waals surface area contributed by atoms with Crippen molar-refractivity contribution in [2.75, 3.05) is 0 Å². The van der Waals surface area contributed by atoms with Crippen molar-refractivity contribution in [3.8, 4) is 0 Å². The highest BCUT2D eigenvalue weighted by atomic mass is 16.4. The fourth-order valence-corrected chi connectivity index (χ4v) is 6.13. The van der Waals surface area contributed by atoms with E-state index in [4.69, 9.17) is 0 Å². The summed E-state index contributed by atoms with van der Waals surface area (Å²) in [6.45, 7) is 6.37. The van der Waals surface area contributed by atoms with Gasteiger partial charge in [0.05, 0.1) is 23.6 Å². The van der Waals surface area contributed by atoms with Gasteiger partial charge in [0.25, 0.3) is 0 Å². The molecule has 0 aromatic rings. The molecule has 152 valence electrons. The van der Waals surface area contributed by atoms with Crippen LogP contribution < -0.4 is 0 Å². The summed E-state index contributed by atoms with van der Waals surface area (Å²) in [5.74, 6) is 1.18. The first-order chi connectivity index (χ1) is 12.8. The summed E-state index contributed by atoms with van der Waals surface area (Å²) >= 11 is 0. The lowest BCUT2D eigenvalue weighted by Crippen LogP contribution is -2.42. The Kier molecular flexibility index (Phi) is 5.96. The first-order valence-corrected chi connectivity index (χ1v) is 10.3. The van der Waals surface area contributed by atoms with Crippen LogP contribution in [0.2, 0.25) is 0 Å². The molecule has 4 N–H and O–H groups in total. The Bertz CT molecular complexity index is 644. The number of hydrogen-bond acceptors (Lipinski definition) is 6. The van der Waals surface area contributed by atoms with Gasteiger partial charge in [0.15, 0.2) is 0 Å². The minimum atomic E-state index is -0.785. The molecule has 7 unspecified atom stereocenters. The number of allylic oxidation sites excluding steroid dienone is 2. The van der Waals surface area contributed by atoms with Crippen molar-refractivity contribution in [2.24, 2.45) is 39.4 Å². The third-order valence-corrected chi connectivity index (χ3v) is 7.72. The predicted octanol–water partition coefficient (Wildman–Crippen LogP) is 3.58. The average Bonchev–Trinajstić information content (AvgIpc) is 3.00. The van der Waals surface area contributed by atoms with E-state index in [-0.39, 0.29) is 17.3 Å². The van der Waals surface area contributed by atoms with Gasteiger partial charge in [-0.2, -0.15) is 0 Å². The van der Waals surface area contributed by atoms with Crippen molar-refractivity contribution in [3.63, 3.8) is 0 Å². The summed E-state index contributed by atoms with van der Waals surface area (Å²) in [7, 11) is 0. The SMILES string of the molecule is C/C(=N/O)C1CCC2/C3=C/C(=N\O)CCC(O)C(O)CC(C)C3CCC12C. The van der Waals surface area contributed by atoms with E-state index in [1.165, 1.54) is 5.57 Å². The Morgan fingerprint density at radius 1 is 1.11 bits per heavy atom. The third-order valence-electron chi connectivity index (χ3n) is 7.72. The van der Waals surface area contributed by atoms with E-state index >= 15 is 0 Å². The number of oxime groups is 2. The maximum Gasteiger partial charge on any atom is 0.0803 e. The van der Waals surface area contributed by atoms with Crippen LogP contribution in [0.1, 0.15) is 65.7 Å². The molecule has 6 nitrogen and oxygen atoms in total. The van der Waals surface area contributed by atoms with E-state index in [2.05, 4.69) is 30.2 Å². The van der Waals surface area contributed by atoms with Crippen LogP contribution in [0.15, 0.2) is 22.0 Å². The molecular weight excluding hydrogens is 344 g/mol. The van der Waals surface area contributed by atoms with Gasteiger partial charge in [0, 0.05) is 5.92 Å². The van der Waals surface area contributed by atoms with Crippen LogP contribution in [0.4, 0.5) is 0 Å². The standard InChI is InChI=1S/C21H34N2O4/c1-12-10-20(25)19(24)7-4-14(23-27)11-16-15(12)8-9-21(3)17(13(2)22-26)5-6-18(16)21/h11-12,15,17-20,24-27H,4-10H2,1-3H3/b16-11+,22-13-,23-14-. The lowest BCUT2D eigenvalue weighted by molar-refractivity contribution is -0.00466. The van der Waals surface area contributed by atoms with Crippen LogP contribution in [-0.2, 0) is 0 Å². The van der Waals surface area contributed by atoms with E-state index in [9.17, 15) is 20.6 Å². The van der Waals surface area contributed by atoms with Gasteiger partial charge in [-0.25, -0.2) is 0 Å². The van der Waals surface area contributed by atoms with Crippen molar-refractivity contribution in [3.05, 3.63) is 11.6 Å². The molecule has 3 aliphatic carbocycles. The Hall–Kier alpha value is -1.40. The summed E-state index contributed by atoms with van der Waals surface area (Å²) in [6, 6.07) is 0. The van der Waals surface area contributed by atoms with Crippen molar-refractivity contribution < 1.29 is 20.6 Å². The third kappa shape index (κ3) is 3.66. The molecule has 0 saturated heterocycles. The van der Waals surface area contributed by atoms with E-state index in [0.29, 0.717) is 36.8 Å². The molecule has 0 aliphatic heterocycles. The van der Waals surface area contributed by atoms with E-state index in [1.54, 1.807) is 0 Å². The Labute approximate surface area is 161 Å². The molecule has 7 atom stereocenters. The van der Waals surface area contributed by atoms with Gasteiger partial charge in [0.2, 0.25) is 0 Å². The molecule has 2 fully saturated rings. The fraction of sp³-hybridized carbons (Fsp3) is 0.810. The number of rotatable bonds is 1. The highest BCUT2D eigenvalue weighted by Gasteiger charge is 2.53. The van der Waals surface area contributed by atoms with Crippen molar-refractivity contribution in [1.82, 2.24) is 0 Å². The van der Waals surface area contributed by atoms with Gasteiger partial charge < -0.3 is 20.6 Å². The molecule has 0 heterocycles. The van der Waals surface area contributed by atoms with Gasteiger partial charge in [-0.1, -0.05) is 29.7 Å². The van der Waals surface area contributed by atoms with Crippen LogP contribution in [0, 0.1) is 29.1 Å². The minimum Gasteiger partial charge on any atom is -0.411 e. The van der Waals surface area contributed by atoms with Crippen LogP contribution in [0.3, 0.4) is 0 Å². The summed E-state index contributed by atoms with van der Waals surface area (Å²) < 4.78 is 0. The molecule has 0 amide bonds. The zero-order valence-electron chi connectivity index (χ0n) is 16.7. The second-order valence-electron chi connectivity index (χ2n) is 9.20. The van der Waals surface area contributed by atoms with Gasteiger partial charge in [-0.05, 0) is 81.1 Å². The second-order valence-corrected chi connectivity index (χ2v) is 9.20. The first kappa shape index (κ1) is 20.3. The van der Waals surface area contributed by atoms with Gasteiger partial charge in [-0.3, -0.25) is 0 Å². The molecular formula is C21H34N2O4. The minimum absolute atomic E-state index is 0.0428. The van der Waals surface area contributed by atoms with Crippen LogP contribution in [-0.4, -0.2) is 44.3 Å². The van der Waals surface area contributed by atoms with Gasteiger partial charge in [-0.15, -0.1) is 0 Å². The zero-order chi connectivity index (χ0) is 19.8. The predicted molar refractivity (Wildman–Crippen MR) is 104 cm³/mol. The Morgan fingerprint density at radius 3 is 2.52 bits per heavy atom. The van der Waals surface area contributed by atoms with E-state index in [0.717, 1.165) is 31.4 Å². The number of nitrogens with zero attached hydrogens (tertiary/aromatic N) is 2. The summed E-state index contributed by atoms with van der Waals surface area (Å²) in [6.07, 6.45) is 6.03. The topological polar surface area (TPSA) is 106 Å². The molecule has 0 spiro atoms. The molecule has 0 bridgehead atoms. The fourth-order valence-electron chi connectivity index (χ4n) is 6.13. The monoisotopic (exact) mass is 378 g/mol. The molecule has 6 heteroatoms. The summed E-state index contributed by atoms with van der Waals surface area (Å²) in [5, 5.41) is 46.4. The molecule has 0 radical (unpaired) electrons. The van der Waals surface area contributed by atoms with Crippen LogP contribution >= 0.6 is 0 Å². The molecule has 3 rings (SSSR count). The highest BCUT2D eigenvalue weighted by Crippen LogP contribution is 2.60. The van der Waals surface area contributed by atoms with Gasteiger partial charge >= 0.3 is 0 Å². The molecule has 3 aliphatic rings. The first-order valence-electron chi connectivity index (χ1n) is 10.3. The normalized spacial score (nSPS) is 47.1. The maximum absolute atomic E-state index is 10.4. The number of aliphatic hydroxyl groups is 2. The van der Waals surface area contributed by atoms with Crippen molar-refractivity contribution in [2.45, 2.75) is 77.9 Å². The molecule has 27 heavy (non-hydrogen) atoms. The second kappa shape index (κ2) is 7.92. The Morgan fingerprint density at radius 2 is 1.85 bits per heavy atom. The van der Waals surface area contributed by atoms with E-state index < -0.39 is 12.2 Å². The van der Waals surface area contributed by atoms with Crippen LogP contribution in [0.25, 0.3) is 0 Å². The quantitative estimate of drug-likeness (QED) is 0.318. The average molecular weight is 379 g/mol. The zero-order valence-corrected chi connectivity index (χ0v) is 16.7. The Balaban J connectivity index is 2.00. The number of aliphatic hydroxyl groups excluding tert-OH is 2. The lowest BCUT2D eigenvalue weighted by atomic mass is 9.57. The summed E-state index contributed by atoms with van der Waals surface area (Å²) in [4.78, 5) is 0. The van der Waals surface area contributed by atoms with Crippen LogP contribution in [0.5, 0.6) is 0 Å². The van der Waals surface area contributed by atoms with E-state index in [1.807, 2.05) is 6.92 Å². The van der Waals surface area contributed by atoms with Crippen molar-refractivity contribution in [1.29, 1.82) is 0 Å². The molecule has 0 aromatic heterocycles. The number of fused-ring (bicyclic) bond motifs is 3. The largest absolute Gasteiger partial charge is 0.411 e. The highest BCUT2D eigenvalue weighted by molar-refractivity contribution is 5.95. The number of hydrogen-bond donors (Lipinski definition) is 4. The maximum atomic E-state index is 10.4. The lowest BCUT2D eigenvalue weighted by Gasteiger charge is -2.47. The molecule has 0 aromatic carbocycles.